The Morgan fingerprint density at radius 3 is 2.71 bits per heavy atom. The molecule has 2 heterocycles. The van der Waals surface area contributed by atoms with Crippen LogP contribution < -0.4 is 15.0 Å². The molecule has 0 atom stereocenters. The van der Waals surface area contributed by atoms with Gasteiger partial charge in [0.05, 0.1) is 6.61 Å². The minimum absolute atomic E-state index is 0.237. The van der Waals surface area contributed by atoms with E-state index in [1.54, 1.807) is 6.33 Å². The number of carbonyl (C=O) groups excluding carboxylic acids is 1. The third-order valence-corrected chi connectivity index (χ3v) is 5.05. The number of carbonyl (C=O) groups is 1. The summed E-state index contributed by atoms with van der Waals surface area (Å²) in [6.45, 7) is 4.35. The van der Waals surface area contributed by atoms with Gasteiger partial charge in [-0.1, -0.05) is 12.8 Å². The lowest BCUT2D eigenvalue weighted by Crippen LogP contribution is -2.45. The molecular weight excluding hydrogens is 304 g/mol. The number of ether oxygens (including phenoxy) is 1. The van der Waals surface area contributed by atoms with Gasteiger partial charge < -0.3 is 15.0 Å². The largest absolute Gasteiger partial charge is 0.478 e. The molecule has 0 bridgehead atoms. The van der Waals surface area contributed by atoms with Gasteiger partial charge in [-0.3, -0.25) is 4.79 Å². The van der Waals surface area contributed by atoms with E-state index in [1.165, 1.54) is 25.7 Å². The van der Waals surface area contributed by atoms with E-state index in [9.17, 15) is 4.79 Å². The smallest absolute Gasteiger partial charge is 0.220 e. The summed E-state index contributed by atoms with van der Waals surface area (Å²) >= 11 is 0. The Morgan fingerprint density at radius 2 is 2.00 bits per heavy atom. The minimum atomic E-state index is 0.237. The molecule has 132 valence electrons. The van der Waals surface area contributed by atoms with Crippen LogP contribution in [-0.4, -0.2) is 41.6 Å². The molecule has 0 spiro atoms. The summed E-state index contributed by atoms with van der Waals surface area (Å²) in [7, 11) is 0. The van der Waals surface area contributed by atoms with Crippen LogP contribution in [0.5, 0.6) is 5.88 Å². The molecular formula is C18H28N4O2. The number of anilines is 1. The Hall–Kier alpha value is -1.85. The van der Waals surface area contributed by atoms with Gasteiger partial charge in [-0.25, -0.2) is 9.97 Å². The molecule has 0 aromatic carbocycles. The molecule has 1 N–H and O–H groups in total. The van der Waals surface area contributed by atoms with Crippen molar-refractivity contribution in [3.63, 3.8) is 0 Å². The molecule has 24 heavy (non-hydrogen) atoms. The van der Waals surface area contributed by atoms with Crippen molar-refractivity contribution in [3.05, 3.63) is 12.4 Å². The number of nitrogens with zero attached hydrogens (tertiary/aromatic N) is 3. The molecule has 3 rings (SSSR count). The van der Waals surface area contributed by atoms with Crippen molar-refractivity contribution in [2.24, 2.45) is 5.92 Å². The molecule has 0 radical (unpaired) electrons. The van der Waals surface area contributed by atoms with Gasteiger partial charge in [0.1, 0.15) is 12.1 Å². The third kappa shape index (κ3) is 4.58. The van der Waals surface area contributed by atoms with Crippen molar-refractivity contribution in [2.45, 2.75) is 57.9 Å². The summed E-state index contributed by atoms with van der Waals surface area (Å²) in [5.74, 6) is 2.38. The lowest BCUT2D eigenvalue weighted by molar-refractivity contribution is -0.122. The fourth-order valence-electron chi connectivity index (χ4n) is 3.75. The standard InChI is InChI=1S/C18H28N4O2/c1-2-24-18-12-16(19-13-20-18)22-9-7-15(8-10-22)21-17(23)11-14-5-3-4-6-14/h12-15H,2-11H2,1H3,(H,21,23). The molecule has 1 saturated heterocycles. The zero-order chi connectivity index (χ0) is 16.8. The molecule has 1 amide bonds. The van der Waals surface area contributed by atoms with E-state index in [-0.39, 0.29) is 5.91 Å². The van der Waals surface area contributed by atoms with Crippen LogP contribution in [0, 0.1) is 5.92 Å². The number of amides is 1. The maximum Gasteiger partial charge on any atom is 0.220 e. The maximum atomic E-state index is 12.2. The zero-order valence-electron chi connectivity index (χ0n) is 14.5. The van der Waals surface area contributed by atoms with Gasteiger partial charge >= 0.3 is 0 Å². The summed E-state index contributed by atoms with van der Waals surface area (Å²) in [5, 5.41) is 3.23. The van der Waals surface area contributed by atoms with Crippen LogP contribution in [0.15, 0.2) is 12.4 Å². The normalized spacial score (nSPS) is 19.5. The minimum Gasteiger partial charge on any atom is -0.478 e. The predicted molar refractivity (Wildman–Crippen MR) is 93.2 cm³/mol. The summed E-state index contributed by atoms with van der Waals surface area (Å²) in [6.07, 6.45) is 9.22. The van der Waals surface area contributed by atoms with Crippen LogP contribution >= 0.6 is 0 Å². The van der Waals surface area contributed by atoms with E-state index in [0.717, 1.165) is 31.7 Å². The van der Waals surface area contributed by atoms with E-state index in [2.05, 4.69) is 20.2 Å². The van der Waals surface area contributed by atoms with Crippen molar-refractivity contribution in [3.8, 4) is 5.88 Å². The fraction of sp³-hybridized carbons (Fsp3) is 0.722. The molecule has 2 aliphatic rings. The van der Waals surface area contributed by atoms with Gasteiger partial charge in [0, 0.05) is 31.6 Å². The Bertz CT molecular complexity index is 538. The summed E-state index contributed by atoms with van der Waals surface area (Å²) in [4.78, 5) is 22.9. The number of hydrogen-bond donors (Lipinski definition) is 1. The summed E-state index contributed by atoms with van der Waals surface area (Å²) in [6, 6.07) is 2.19. The Morgan fingerprint density at radius 1 is 1.25 bits per heavy atom. The molecule has 2 fully saturated rings. The van der Waals surface area contributed by atoms with Gasteiger partial charge in [-0.15, -0.1) is 0 Å². The second kappa shape index (κ2) is 8.31. The van der Waals surface area contributed by atoms with Gasteiger partial charge in [0.15, 0.2) is 0 Å². The van der Waals surface area contributed by atoms with E-state index < -0.39 is 0 Å². The third-order valence-electron chi connectivity index (χ3n) is 5.05. The highest BCUT2D eigenvalue weighted by molar-refractivity contribution is 5.76. The number of nitrogens with one attached hydrogen (secondary N) is 1. The van der Waals surface area contributed by atoms with Crippen LogP contribution in [0.4, 0.5) is 5.82 Å². The molecule has 6 nitrogen and oxygen atoms in total. The van der Waals surface area contributed by atoms with Crippen LogP contribution in [0.1, 0.15) is 51.9 Å². The van der Waals surface area contributed by atoms with E-state index in [4.69, 9.17) is 4.74 Å². The molecule has 1 aliphatic carbocycles. The van der Waals surface area contributed by atoms with Crippen molar-refractivity contribution in [1.29, 1.82) is 0 Å². The first-order chi connectivity index (χ1) is 11.7. The van der Waals surface area contributed by atoms with Crippen LogP contribution in [-0.2, 0) is 4.79 Å². The quantitative estimate of drug-likeness (QED) is 0.867. The second-order valence-corrected chi connectivity index (χ2v) is 6.83. The first-order valence-corrected chi connectivity index (χ1v) is 9.23. The van der Waals surface area contributed by atoms with E-state index in [1.807, 2.05) is 13.0 Å². The lowest BCUT2D eigenvalue weighted by Gasteiger charge is -2.33. The highest BCUT2D eigenvalue weighted by Gasteiger charge is 2.24. The maximum absolute atomic E-state index is 12.2. The molecule has 1 saturated carbocycles. The van der Waals surface area contributed by atoms with E-state index in [0.29, 0.717) is 30.9 Å². The number of aromatic nitrogens is 2. The predicted octanol–water partition coefficient (Wildman–Crippen LogP) is 2.54. The average molecular weight is 332 g/mol. The van der Waals surface area contributed by atoms with Crippen molar-refractivity contribution >= 4 is 11.7 Å². The molecule has 1 aromatic heterocycles. The summed E-state index contributed by atoms with van der Waals surface area (Å²) < 4.78 is 5.44. The first kappa shape index (κ1) is 17.0. The van der Waals surface area contributed by atoms with Crippen molar-refractivity contribution in [2.75, 3.05) is 24.6 Å². The van der Waals surface area contributed by atoms with Gasteiger partial charge in [0.2, 0.25) is 11.8 Å². The Labute approximate surface area is 144 Å². The zero-order valence-corrected chi connectivity index (χ0v) is 14.5. The van der Waals surface area contributed by atoms with Crippen molar-refractivity contribution in [1.82, 2.24) is 15.3 Å². The van der Waals surface area contributed by atoms with Gasteiger partial charge in [-0.2, -0.15) is 0 Å². The number of piperidine rings is 1. The summed E-state index contributed by atoms with van der Waals surface area (Å²) in [5.41, 5.74) is 0. The second-order valence-electron chi connectivity index (χ2n) is 6.83. The van der Waals surface area contributed by atoms with Gasteiger partial charge in [-0.05, 0) is 38.5 Å². The number of rotatable bonds is 6. The van der Waals surface area contributed by atoms with Crippen molar-refractivity contribution < 1.29 is 9.53 Å². The van der Waals surface area contributed by atoms with Crippen LogP contribution in [0.3, 0.4) is 0 Å². The highest BCUT2D eigenvalue weighted by Crippen LogP contribution is 2.27. The number of hydrogen-bond acceptors (Lipinski definition) is 5. The molecule has 0 unspecified atom stereocenters. The Kier molecular flexibility index (Phi) is 5.88. The van der Waals surface area contributed by atoms with Crippen LogP contribution in [0.2, 0.25) is 0 Å². The highest BCUT2D eigenvalue weighted by atomic mass is 16.5. The molecule has 1 aromatic rings. The van der Waals surface area contributed by atoms with Gasteiger partial charge in [0.25, 0.3) is 0 Å². The molecule has 1 aliphatic heterocycles. The average Bonchev–Trinajstić information content (AvgIpc) is 3.09. The SMILES string of the molecule is CCOc1cc(N2CCC(NC(=O)CC3CCCC3)CC2)ncn1. The monoisotopic (exact) mass is 332 g/mol. The fourth-order valence-corrected chi connectivity index (χ4v) is 3.75. The topological polar surface area (TPSA) is 67.3 Å². The first-order valence-electron chi connectivity index (χ1n) is 9.23. The van der Waals surface area contributed by atoms with Crippen LogP contribution in [0.25, 0.3) is 0 Å². The Balaban J connectivity index is 1.45. The lowest BCUT2D eigenvalue weighted by atomic mass is 10.0. The van der Waals surface area contributed by atoms with E-state index >= 15 is 0 Å². The molecule has 6 heteroatoms.